The second kappa shape index (κ2) is 5.21. The van der Waals surface area contributed by atoms with Gasteiger partial charge in [-0.1, -0.05) is 11.8 Å². The lowest BCUT2D eigenvalue weighted by Gasteiger charge is -1.98. The molecule has 1 aliphatic rings. The minimum atomic E-state index is -0.519. The lowest BCUT2D eigenvalue weighted by atomic mass is 10.1. The Morgan fingerprint density at radius 1 is 1.29 bits per heavy atom. The van der Waals surface area contributed by atoms with Gasteiger partial charge in [0, 0.05) is 29.4 Å². The number of aromatic nitrogens is 2. The minimum absolute atomic E-state index is 0.123. The number of rotatable bonds is 2. The summed E-state index contributed by atoms with van der Waals surface area (Å²) in [6.07, 6.45) is 5.20. The van der Waals surface area contributed by atoms with Crippen molar-refractivity contribution in [2.75, 3.05) is 5.73 Å². The number of nitrogens with zero attached hydrogens (tertiary/aromatic N) is 3. The van der Waals surface area contributed by atoms with Gasteiger partial charge in [0.05, 0.1) is 10.5 Å². The largest absolute Gasteiger partial charge is 0.383 e. The molecule has 21 heavy (non-hydrogen) atoms. The highest BCUT2D eigenvalue weighted by Gasteiger charge is 2.24. The number of nitrogen functional groups attached to an aromatic ring is 1. The van der Waals surface area contributed by atoms with Crippen LogP contribution < -0.4 is 5.73 Å². The zero-order valence-corrected chi connectivity index (χ0v) is 11.1. The highest BCUT2D eigenvalue weighted by atomic mass is 16.6. The molecule has 2 aromatic heterocycles. The molecular formula is C15H12N4O2. The van der Waals surface area contributed by atoms with Gasteiger partial charge in [-0.15, -0.1) is 0 Å². The highest BCUT2D eigenvalue weighted by molar-refractivity contribution is 5.56. The molecule has 1 saturated carbocycles. The van der Waals surface area contributed by atoms with Crippen LogP contribution in [0, 0.1) is 22.0 Å². The second-order valence-electron chi connectivity index (χ2n) is 4.88. The Balaban J connectivity index is 1.91. The van der Waals surface area contributed by atoms with Gasteiger partial charge in [0.1, 0.15) is 12.0 Å². The van der Waals surface area contributed by atoms with Gasteiger partial charge in [-0.2, -0.15) is 0 Å². The molecular weight excluding hydrogens is 268 g/mol. The van der Waals surface area contributed by atoms with E-state index in [1.165, 1.54) is 18.9 Å². The molecule has 0 spiro atoms. The number of pyridine rings is 2. The molecule has 1 fully saturated rings. The van der Waals surface area contributed by atoms with Gasteiger partial charge in [-0.05, 0) is 25.0 Å². The fourth-order valence-corrected chi connectivity index (χ4v) is 1.93. The van der Waals surface area contributed by atoms with E-state index in [-0.39, 0.29) is 11.5 Å². The Morgan fingerprint density at radius 2 is 2.10 bits per heavy atom. The van der Waals surface area contributed by atoms with E-state index in [1.807, 2.05) is 6.07 Å². The molecule has 0 amide bonds. The van der Waals surface area contributed by atoms with Gasteiger partial charge in [-0.3, -0.25) is 15.1 Å². The molecule has 0 unspecified atom stereocenters. The van der Waals surface area contributed by atoms with Gasteiger partial charge in [0.15, 0.2) is 0 Å². The fraction of sp³-hybridized carbons (Fsp3) is 0.200. The third-order valence-corrected chi connectivity index (χ3v) is 3.23. The van der Waals surface area contributed by atoms with E-state index in [0.717, 1.165) is 17.5 Å². The van der Waals surface area contributed by atoms with Crippen molar-refractivity contribution < 1.29 is 4.92 Å². The van der Waals surface area contributed by atoms with E-state index >= 15 is 0 Å². The summed E-state index contributed by atoms with van der Waals surface area (Å²) in [6, 6.07) is 5.09. The Bertz CT molecular complexity index is 773. The first-order valence-corrected chi connectivity index (χ1v) is 6.51. The molecule has 0 aliphatic heterocycles. The van der Waals surface area contributed by atoms with Crippen LogP contribution in [0.2, 0.25) is 0 Å². The smallest absolute Gasteiger partial charge is 0.288 e. The number of hydrogen-bond acceptors (Lipinski definition) is 5. The summed E-state index contributed by atoms with van der Waals surface area (Å²) in [6.45, 7) is 0. The molecule has 2 N–H and O–H groups in total. The first-order valence-electron chi connectivity index (χ1n) is 6.51. The van der Waals surface area contributed by atoms with Gasteiger partial charge >= 0.3 is 0 Å². The monoisotopic (exact) mass is 280 g/mol. The van der Waals surface area contributed by atoms with E-state index in [2.05, 4.69) is 21.8 Å². The summed E-state index contributed by atoms with van der Waals surface area (Å²) in [7, 11) is 0. The first kappa shape index (κ1) is 13.1. The summed E-state index contributed by atoms with van der Waals surface area (Å²) in [4.78, 5) is 18.3. The van der Waals surface area contributed by atoms with Crippen molar-refractivity contribution in [2.24, 2.45) is 0 Å². The average molecular weight is 280 g/mol. The maximum Gasteiger partial charge on any atom is 0.288 e. The molecule has 0 saturated heterocycles. The molecule has 104 valence electrons. The van der Waals surface area contributed by atoms with Gasteiger partial charge in [0.25, 0.3) is 5.69 Å². The average Bonchev–Trinajstić information content (AvgIpc) is 3.31. The van der Waals surface area contributed by atoms with Crippen LogP contribution in [0.1, 0.15) is 35.6 Å². The van der Waals surface area contributed by atoms with E-state index in [4.69, 9.17) is 5.73 Å². The molecule has 2 heterocycles. The number of hydrogen-bond donors (Lipinski definition) is 1. The topological polar surface area (TPSA) is 94.9 Å². The molecule has 0 atom stereocenters. The Hall–Kier alpha value is -2.94. The summed E-state index contributed by atoms with van der Waals surface area (Å²) >= 11 is 0. The van der Waals surface area contributed by atoms with Crippen LogP contribution in [0.15, 0.2) is 30.6 Å². The summed E-state index contributed by atoms with van der Waals surface area (Å²) < 4.78 is 0. The van der Waals surface area contributed by atoms with Crippen molar-refractivity contribution >= 4 is 11.5 Å². The summed E-state index contributed by atoms with van der Waals surface area (Å²) in [5.74, 6) is 6.54. The summed E-state index contributed by atoms with van der Waals surface area (Å²) in [5.41, 5.74) is 7.79. The van der Waals surface area contributed by atoms with Gasteiger partial charge in [0.2, 0.25) is 0 Å². The van der Waals surface area contributed by atoms with E-state index in [1.54, 1.807) is 12.3 Å². The zero-order valence-electron chi connectivity index (χ0n) is 11.1. The number of anilines is 1. The predicted molar refractivity (Wildman–Crippen MR) is 77.5 cm³/mol. The lowest BCUT2D eigenvalue weighted by molar-refractivity contribution is -0.385. The second-order valence-corrected chi connectivity index (χ2v) is 4.88. The molecule has 1 aliphatic carbocycles. The van der Waals surface area contributed by atoms with Crippen molar-refractivity contribution in [1.82, 2.24) is 9.97 Å². The molecule has 0 bridgehead atoms. The first-order chi connectivity index (χ1) is 10.1. The third-order valence-electron chi connectivity index (χ3n) is 3.23. The van der Waals surface area contributed by atoms with Crippen molar-refractivity contribution in [3.63, 3.8) is 0 Å². The fourth-order valence-electron chi connectivity index (χ4n) is 1.93. The maximum absolute atomic E-state index is 10.7. The van der Waals surface area contributed by atoms with Crippen LogP contribution in [0.4, 0.5) is 11.5 Å². The van der Waals surface area contributed by atoms with E-state index in [9.17, 15) is 10.1 Å². The van der Waals surface area contributed by atoms with Crippen molar-refractivity contribution in [3.05, 3.63) is 57.5 Å². The SMILES string of the molecule is Nc1ncc([N+](=O)[O-])cc1C#Cc1ccnc(C2CC2)c1. The molecule has 0 aromatic carbocycles. The molecule has 2 aromatic rings. The number of nitrogens with two attached hydrogens (primary N) is 1. The lowest BCUT2D eigenvalue weighted by Crippen LogP contribution is -1.97. The predicted octanol–water partition coefficient (Wildman–Crippen LogP) is 2.24. The van der Waals surface area contributed by atoms with Crippen LogP contribution in [-0.2, 0) is 0 Å². The van der Waals surface area contributed by atoms with Crippen LogP contribution in [0.3, 0.4) is 0 Å². The van der Waals surface area contributed by atoms with Crippen LogP contribution >= 0.6 is 0 Å². The quantitative estimate of drug-likeness (QED) is 0.517. The molecule has 6 nitrogen and oxygen atoms in total. The van der Waals surface area contributed by atoms with Crippen LogP contribution in [-0.4, -0.2) is 14.9 Å². The van der Waals surface area contributed by atoms with Crippen LogP contribution in [0.25, 0.3) is 0 Å². The Kier molecular flexibility index (Phi) is 3.24. The summed E-state index contributed by atoms with van der Waals surface area (Å²) in [5, 5.41) is 10.7. The van der Waals surface area contributed by atoms with Gasteiger partial charge < -0.3 is 5.73 Å². The standard InChI is InChI=1S/C15H12N4O2/c16-15-12(8-13(9-18-15)19(20)21)2-1-10-5-6-17-14(7-10)11-3-4-11/h5-9,11H,3-4H2,(H2,16,18). The zero-order chi connectivity index (χ0) is 14.8. The van der Waals surface area contributed by atoms with Crippen LogP contribution in [0.5, 0.6) is 0 Å². The van der Waals surface area contributed by atoms with E-state index in [0.29, 0.717) is 11.5 Å². The minimum Gasteiger partial charge on any atom is -0.383 e. The maximum atomic E-state index is 10.7. The molecule has 0 radical (unpaired) electrons. The number of nitro groups is 1. The van der Waals surface area contributed by atoms with Gasteiger partial charge in [-0.25, -0.2) is 4.98 Å². The Morgan fingerprint density at radius 3 is 2.81 bits per heavy atom. The Labute approximate surface area is 121 Å². The van der Waals surface area contributed by atoms with Crippen molar-refractivity contribution in [2.45, 2.75) is 18.8 Å². The highest BCUT2D eigenvalue weighted by Crippen LogP contribution is 2.38. The third kappa shape index (κ3) is 2.98. The molecule has 3 rings (SSSR count). The van der Waals surface area contributed by atoms with E-state index < -0.39 is 4.92 Å². The van der Waals surface area contributed by atoms with Crippen molar-refractivity contribution in [1.29, 1.82) is 0 Å². The van der Waals surface area contributed by atoms with Crippen molar-refractivity contribution in [3.8, 4) is 11.8 Å². The normalized spacial score (nSPS) is 13.3. The molecule has 6 heteroatoms.